The van der Waals surface area contributed by atoms with E-state index in [-0.39, 0.29) is 23.2 Å². The molecule has 0 aliphatic carbocycles. The van der Waals surface area contributed by atoms with Crippen molar-refractivity contribution < 1.29 is 19.4 Å². The molecule has 36 heavy (non-hydrogen) atoms. The van der Waals surface area contributed by atoms with E-state index in [0.717, 1.165) is 23.1 Å². The van der Waals surface area contributed by atoms with E-state index in [1.165, 1.54) is 19.6 Å². The molecular formula is C29H29NO4S2. The lowest BCUT2D eigenvalue weighted by atomic mass is 9.87. The Kier molecular flexibility index (Phi) is 6.18. The molecule has 1 amide bonds. The third-order valence-electron chi connectivity index (χ3n) is 7.04. The minimum Gasteiger partial charge on any atom is -0.504 e. The molecule has 6 rings (SSSR count). The number of fused-ring (bicyclic) bond motifs is 3. The number of nitrogens with zero attached hydrogens (tertiary/aromatic N) is 1. The zero-order valence-corrected chi connectivity index (χ0v) is 22.1. The smallest absolute Gasteiger partial charge is 0.226 e. The monoisotopic (exact) mass is 519 g/mol. The van der Waals surface area contributed by atoms with Crippen LogP contribution in [-0.4, -0.2) is 41.3 Å². The van der Waals surface area contributed by atoms with E-state index in [1.54, 1.807) is 29.6 Å². The molecule has 3 aromatic carbocycles. The van der Waals surface area contributed by atoms with E-state index in [0.29, 0.717) is 38.5 Å². The molecule has 1 atom stereocenters. The molecule has 3 aliphatic rings. The quantitative estimate of drug-likeness (QED) is 0.322. The molecule has 7 heteroatoms. The maximum absolute atomic E-state index is 13.5. The lowest BCUT2D eigenvalue weighted by Gasteiger charge is -2.36. The summed E-state index contributed by atoms with van der Waals surface area (Å²) in [7, 11) is 0. The molecule has 1 fully saturated rings. The van der Waals surface area contributed by atoms with Crippen LogP contribution in [0, 0.1) is 5.92 Å². The predicted molar refractivity (Wildman–Crippen MR) is 142 cm³/mol. The third-order valence-corrected chi connectivity index (χ3v) is 9.66. The number of ether oxygens (including phenoxy) is 2. The Morgan fingerprint density at radius 1 is 1.03 bits per heavy atom. The molecule has 5 nitrogen and oxygen atoms in total. The number of hydrogen-bond donors (Lipinski definition) is 1. The maximum Gasteiger partial charge on any atom is 0.226 e. The molecule has 0 aromatic heterocycles. The van der Waals surface area contributed by atoms with Gasteiger partial charge in [-0.1, -0.05) is 47.8 Å². The largest absolute Gasteiger partial charge is 0.504 e. The van der Waals surface area contributed by atoms with E-state index in [1.807, 2.05) is 18.7 Å². The minimum absolute atomic E-state index is 0.0540. The number of aromatic hydroxyl groups is 1. The Labute approximate surface area is 220 Å². The number of phenolic OH excluding ortho intramolecular Hbond substituents is 1. The van der Waals surface area contributed by atoms with Gasteiger partial charge in [-0.25, -0.2) is 0 Å². The first kappa shape index (κ1) is 23.8. The van der Waals surface area contributed by atoms with Crippen LogP contribution in [0.2, 0.25) is 0 Å². The number of carbonyl (C=O) groups is 1. The third kappa shape index (κ3) is 4.49. The fraction of sp³-hybridized carbons (Fsp3) is 0.345. The second kappa shape index (κ2) is 9.36. The molecule has 3 aromatic rings. The predicted octanol–water partition coefficient (Wildman–Crippen LogP) is 6.60. The molecule has 0 bridgehead atoms. The van der Waals surface area contributed by atoms with E-state index in [4.69, 9.17) is 9.47 Å². The van der Waals surface area contributed by atoms with Gasteiger partial charge in [0.05, 0.1) is 12.1 Å². The SMILES string of the molecule is CC1(C)C[C@@H](C(=O)N2CCOc3c(O)cc(-c4cccc5c4Sc4ccccc4S5)cc3C2)CCO1. The summed E-state index contributed by atoms with van der Waals surface area (Å²) in [5, 5.41) is 11.0. The van der Waals surface area contributed by atoms with E-state index >= 15 is 0 Å². The van der Waals surface area contributed by atoms with E-state index in [2.05, 4.69) is 48.5 Å². The summed E-state index contributed by atoms with van der Waals surface area (Å²) < 4.78 is 11.8. The Hall–Kier alpha value is -2.61. The molecule has 0 radical (unpaired) electrons. The maximum atomic E-state index is 13.5. The zero-order chi connectivity index (χ0) is 24.9. The van der Waals surface area contributed by atoms with Crippen LogP contribution >= 0.6 is 23.5 Å². The van der Waals surface area contributed by atoms with Crippen LogP contribution in [0.25, 0.3) is 11.1 Å². The van der Waals surface area contributed by atoms with Crippen LogP contribution in [-0.2, 0) is 16.1 Å². The second-order valence-electron chi connectivity index (χ2n) is 10.2. The molecule has 1 saturated heterocycles. The highest BCUT2D eigenvalue weighted by Gasteiger charge is 2.36. The van der Waals surface area contributed by atoms with Gasteiger partial charge in [-0.3, -0.25) is 4.79 Å². The standard InChI is InChI=1S/C29H29NO4S2/c1-29(2)16-18(10-12-34-29)28(32)30-11-13-33-26-20(17-30)14-19(15-22(26)31)21-6-5-9-25-27(21)36-24-8-4-3-7-23(24)35-25/h3-9,14-15,18,31H,10-13,16-17H2,1-2H3/t18-/m0/s1. The summed E-state index contributed by atoms with van der Waals surface area (Å²) >= 11 is 3.54. The number of amides is 1. The van der Waals surface area contributed by atoms with Gasteiger partial charge < -0.3 is 19.5 Å². The molecule has 0 saturated carbocycles. The average Bonchev–Trinajstić information content (AvgIpc) is 3.09. The van der Waals surface area contributed by atoms with Gasteiger partial charge in [-0.15, -0.1) is 0 Å². The van der Waals surface area contributed by atoms with Gasteiger partial charge in [0, 0.05) is 44.2 Å². The summed E-state index contributed by atoms with van der Waals surface area (Å²) in [6.07, 6.45) is 1.46. The van der Waals surface area contributed by atoms with Crippen LogP contribution in [0.1, 0.15) is 32.3 Å². The van der Waals surface area contributed by atoms with Crippen LogP contribution in [0.15, 0.2) is 74.2 Å². The molecule has 0 unspecified atom stereocenters. The first-order valence-corrected chi connectivity index (χ1v) is 14.0. The Bertz CT molecular complexity index is 1340. The van der Waals surface area contributed by atoms with Crippen LogP contribution in [0.4, 0.5) is 0 Å². The van der Waals surface area contributed by atoms with Gasteiger partial charge in [0.2, 0.25) is 5.91 Å². The minimum atomic E-state index is -0.287. The van der Waals surface area contributed by atoms with Crippen molar-refractivity contribution in [3.05, 3.63) is 60.2 Å². The number of phenols is 1. The van der Waals surface area contributed by atoms with Crippen LogP contribution < -0.4 is 4.74 Å². The van der Waals surface area contributed by atoms with Crippen LogP contribution in [0.3, 0.4) is 0 Å². The van der Waals surface area contributed by atoms with Crippen molar-refractivity contribution in [2.24, 2.45) is 5.92 Å². The number of benzene rings is 3. The summed E-state index contributed by atoms with van der Waals surface area (Å²) in [5.74, 6) is 0.698. The summed E-state index contributed by atoms with van der Waals surface area (Å²) in [6.45, 7) is 5.99. The second-order valence-corrected chi connectivity index (χ2v) is 12.3. The Morgan fingerprint density at radius 3 is 2.61 bits per heavy atom. The van der Waals surface area contributed by atoms with Gasteiger partial charge >= 0.3 is 0 Å². The van der Waals surface area contributed by atoms with E-state index < -0.39 is 0 Å². The lowest BCUT2D eigenvalue weighted by molar-refractivity contribution is -0.146. The topological polar surface area (TPSA) is 59.0 Å². The zero-order valence-electron chi connectivity index (χ0n) is 20.5. The Balaban J connectivity index is 1.33. The molecule has 3 aliphatic heterocycles. The fourth-order valence-corrected chi connectivity index (χ4v) is 7.72. The highest BCUT2D eigenvalue weighted by atomic mass is 32.2. The van der Waals surface area contributed by atoms with Crippen molar-refractivity contribution in [3.63, 3.8) is 0 Å². The number of hydrogen-bond acceptors (Lipinski definition) is 6. The van der Waals surface area contributed by atoms with Gasteiger partial charge in [-0.05, 0) is 68.1 Å². The van der Waals surface area contributed by atoms with Crippen molar-refractivity contribution >= 4 is 29.4 Å². The molecule has 186 valence electrons. The fourth-order valence-electron chi connectivity index (χ4n) is 5.32. The lowest BCUT2D eigenvalue weighted by Crippen LogP contribution is -2.43. The first-order chi connectivity index (χ1) is 17.4. The van der Waals surface area contributed by atoms with Gasteiger partial charge in [0.1, 0.15) is 6.61 Å². The molecule has 1 N–H and O–H groups in total. The highest BCUT2D eigenvalue weighted by molar-refractivity contribution is 8.05. The van der Waals surface area contributed by atoms with Gasteiger partial charge in [0.15, 0.2) is 11.5 Å². The van der Waals surface area contributed by atoms with Crippen molar-refractivity contribution in [2.45, 2.75) is 58.4 Å². The summed E-state index contributed by atoms with van der Waals surface area (Å²) in [5.41, 5.74) is 2.56. The first-order valence-electron chi connectivity index (χ1n) is 12.4. The van der Waals surface area contributed by atoms with Crippen molar-refractivity contribution in [1.82, 2.24) is 4.90 Å². The molecule has 3 heterocycles. The Morgan fingerprint density at radius 2 is 1.81 bits per heavy atom. The van der Waals surface area contributed by atoms with Crippen molar-refractivity contribution in [2.75, 3.05) is 19.8 Å². The van der Waals surface area contributed by atoms with Crippen molar-refractivity contribution in [1.29, 1.82) is 0 Å². The van der Waals surface area contributed by atoms with Gasteiger partial charge in [-0.2, -0.15) is 0 Å². The summed E-state index contributed by atoms with van der Waals surface area (Å²) in [4.78, 5) is 20.3. The number of carbonyl (C=O) groups excluding carboxylic acids is 1. The van der Waals surface area contributed by atoms with E-state index in [9.17, 15) is 9.90 Å². The highest BCUT2D eigenvalue weighted by Crippen LogP contribution is 2.52. The average molecular weight is 520 g/mol. The molecule has 0 spiro atoms. The normalized spacial score (nSPS) is 20.4. The van der Waals surface area contributed by atoms with Gasteiger partial charge in [0.25, 0.3) is 0 Å². The van der Waals surface area contributed by atoms with Crippen molar-refractivity contribution in [3.8, 4) is 22.6 Å². The number of rotatable bonds is 2. The summed E-state index contributed by atoms with van der Waals surface area (Å²) in [6, 6.07) is 18.6. The molecular weight excluding hydrogens is 490 g/mol. The van der Waals surface area contributed by atoms with Crippen LogP contribution in [0.5, 0.6) is 11.5 Å².